The topological polar surface area (TPSA) is 137 Å². The maximum absolute atomic E-state index is 12.1. The number of carbonyl (C=O) groups excluding carboxylic acids is 1. The summed E-state index contributed by atoms with van der Waals surface area (Å²) in [6.45, 7) is 1.77. The highest BCUT2D eigenvalue weighted by molar-refractivity contribution is 6.04. The number of rotatable bonds is 3. The Labute approximate surface area is 151 Å². The average Bonchev–Trinajstić information content (AvgIpc) is 3.09. The summed E-state index contributed by atoms with van der Waals surface area (Å²) in [6.07, 6.45) is 2.18. The molecule has 1 aromatic heterocycles. The zero-order valence-electron chi connectivity index (χ0n) is 13.6. The lowest BCUT2D eigenvalue weighted by Crippen LogP contribution is -2.25. The highest BCUT2D eigenvalue weighted by Gasteiger charge is 2.23. The number of guanidine groups is 1. The van der Waals surface area contributed by atoms with Gasteiger partial charge in [-0.2, -0.15) is 4.99 Å². The van der Waals surface area contributed by atoms with E-state index in [2.05, 4.69) is 19.9 Å². The average molecular weight is 362 g/mol. The lowest BCUT2D eigenvalue weighted by Gasteiger charge is -2.20. The molecular weight excluding hydrogens is 342 g/mol. The van der Waals surface area contributed by atoms with Gasteiger partial charge in [-0.1, -0.05) is 30.3 Å². The maximum atomic E-state index is 12.1. The first kappa shape index (κ1) is 18.5. The second-order valence-electron chi connectivity index (χ2n) is 5.53. The molecule has 0 atom stereocenters. The molecule has 1 saturated heterocycles. The second kappa shape index (κ2) is 7.80. The van der Waals surface area contributed by atoms with Gasteiger partial charge in [0.05, 0.1) is 0 Å². The first-order valence-electron chi connectivity index (χ1n) is 7.68. The molecule has 9 heteroatoms. The van der Waals surface area contributed by atoms with Gasteiger partial charge in [-0.3, -0.25) is 4.79 Å². The summed E-state index contributed by atoms with van der Waals surface area (Å²) in [5.74, 6) is -0.347. The van der Waals surface area contributed by atoms with Crippen LogP contribution in [0.2, 0.25) is 0 Å². The van der Waals surface area contributed by atoms with E-state index in [0.717, 1.165) is 31.5 Å². The van der Waals surface area contributed by atoms with E-state index < -0.39 is 5.91 Å². The van der Waals surface area contributed by atoms with Crippen LogP contribution in [-0.2, 0) is 0 Å². The van der Waals surface area contributed by atoms with Crippen molar-refractivity contribution in [3.05, 3.63) is 36.0 Å². The highest BCUT2D eigenvalue weighted by atomic mass is 35.5. The molecule has 0 radical (unpaired) electrons. The number of benzene rings is 1. The summed E-state index contributed by atoms with van der Waals surface area (Å²) in [5, 5.41) is 0. The number of halogens is 1. The number of aliphatic imine (C=N–C) groups is 1. The summed E-state index contributed by atoms with van der Waals surface area (Å²) >= 11 is 0. The minimum atomic E-state index is -0.704. The fraction of sp³-hybridized carbons (Fsp3) is 0.250. The van der Waals surface area contributed by atoms with Gasteiger partial charge in [0.2, 0.25) is 0 Å². The molecule has 6 N–H and O–H groups in total. The Morgan fingerprint density at radius 1 is 1.08 bits per heavy atom. The van der Waals surface area contributed by atoms with E-state index in [1.807, 2.05) is 30.3 Å². The van der Waals surface area contributed by atoms with Crippen molar-refractivity contribution in [2.75, 3.05) is 23.7 Å². The molecule has 132 valence electrons. The van der Waals surface area contributed by atoms with Crippen LogP contribution in [0.25, 0.3) is 11.3 Å². The molecule has 0 spiro atoms. The molecule has 0 aliphatic carbocycles. The van der Waals surface area contributed by atoms with Crippen molar-refractivity contribution < 1.29 is 4.79 Å². The molecule has 3 rings (SSSR count). The van der Waals surface area contributed by atoms with E-state index in [9.17, 15) is 4.79 Å². The predicted molar refractivity (Wildman–Crippen MR) is 101 cm³/mol. The van der Waals surface area contributed by atoms with E-state index >= 15 is 0 Å². The lowest BCUT2D eigenvalue weighted by atomic mass is 10.1. The van der Waals surface area contributed by atoms with E-state index in [0.29, 0.717) is 11.5 Å². The van der Waals surface area contributed by atoms with Crippen molar-refractivity contribution in [3.8, 4) is 11.3 Å². The van der Waals surface area contributed by atoms with Crippen molar-refractivity contribution in [3.63, 3.8) is 0 Å². The van der Waals surface area contributed by atoms with Gasteiger partial charge in [0.15, 0.2) is 23.3 Å². The number of nitrogens with zero attached hydrogens (tertiary/aromatic N) is 4. The summed E-state index contributed by atoms with van der Waals surface area (Å²) in [7, 11) is 0. The van der Waals surface area contributed by atoms with Gasteiger partial charge in [-0.05, 0) is 12.8 Å². The molecule has 25 heavy (non-hydrogen) atoms. The standard InChI is InChI=1S/C16H19N7O.ClH/c17-13-12(15(24)22-16(18)19)20-11(10-6-2-1-3-7-10)14(21-13)23-8-4-5-9-23;/h1-3,6-7H,4-5,8-9H2,(H2,17,21)(H4,18,19,22,24);1H. The summed E-state index contributed by atoms with van der Waals surface area (Å²) in [5.41, 5.74) is 17.9. The molecule has 8 nitrogen and oxygen atoms in total. The number of hydrogen-bond donors (Lipinski definition) is 3. The van der Waals surface area contributed by atoms with Crippen LogP contribution in [0.15, 0.2) is 35.3 Å². The second-order valence-corrected chi connectivity index (χ2v) is 5.53. The molecule has 1 amide bonds. The quantitative estimate of drug-likeness (QED) is 0.551. The Kier molecular flexibility index (Phi) is 5.76. The van der Waals surface area contributed by atoms with Gasteiger partial charge in [0.1, 0.15) is 5.69 Å². The summed E-state index contributed by atoms with van der Waals surface area (Å²) in [4.78, 5) is 26.7. The Balaban J connectivity index is 0.00000225. The fourth-order valence-electron chi connectivity index (χ4n) is 2.71. The number of aromatic nitrogens is 2. The largest absolute Gasteiger partial charge is 0.382 e. The summed E-state index contributed by atoms with van der Waals surface area (Å²) in [6, 6.07) is 9.54. The normalized spacial score (nSPS) is 13.2. The molecule has 0 unspecified atom stereocenters. The monoisotopic (exact) mass is 361 g/mol. The van der Waals surface area contributed by atoms with Gasteiger partial charge in [0.25, 0.3) is 0 Å². The molecule has 1 fully saturated rings. The molecule has 1 aliphatic rings. The minimum absolute atomic E-state index is 0. The lowest BCUT2D eigenvalue weighted by molar-refractivity contribution is 0.0998. The van der Waals surface area contributed by atoms with Gasteiger partial charge in [-0.15, -0.1) is 12.4 Å². The first-order valence-corrected chi connectivity index (χ1v) is 7.68. The number of hydrogen-bond acceptors (Lipinski definition) is 5. The first-order chi connectivity index (χ1) is 11.6. The molecular formula is C16H20ClN7O. The zero-order chi connectivity index (χ0) is 17.1. The van der Waals surface area contributed by atoms with Crippen molar-refractivity contribution in [2.45, 2.75) is 12.8 Å². The predicted octanol–water partition coefficient (Wildman–Crippen LogP) is 1.16. The molecule has 2 heterocycles. The van der Waals surface area contributed by atoms with E-state index in [1.54, 1.807) is 0 Å². The van der Waals surface area contributed by atoms with Crippen LogP contribution in [0.3, 0.4) is 0 Å². The Bertz CT molecular complexity index is 785. The van der Waals surface area contributed by atoms with Crippen LogP contribution in [0, 0.1) is 0 Å². The smallest absolute Gasteiger partial charge is 0.302 e. The van der Waals surface area contributed by atoms with Crippen molar-refractivity contribution >= 4 is 35.9 Å². The van der Waals surface area contributed by atoms with Crippen LogP contribution in [0.4, 0.5) is 11.6 Å². The number of anilines is 2. The van der Waals surface area contributed by atoms with Crippen LogP contribution in [0.1, 0.15) is 23.3 Å². The number of nitrogens with two attached hydrogens (primary N) is 3. The number of carbonyl (C=O) groups is 1. The van der Waals surface area contributed by atoms with Gasteiger partial charge < -0.3 is 22.1 Å². The van der Waals surface area contributed by atoms with Gasteiger partial charge in [-0.25, -0.2) is 9.97 Å². The SMILES string of the molecule is Cl.NC(N)=NC(=O)c1nc(-c2ccccc2)c(N2CCCC2)nc1N. The molecule has 0 saturated carbocycles. The van der Waals surface area contributed by atoms with Crippen LogP contribution in [-0.4, -0.2) is 34.9 Å². The van der Waals surface area contributed by atoms with Gasteiger partial charge in [0, 0.05) is 18.7 Å². The molecule has 1 aromatic carbocycles. The third-order valence-electron chi connectivity index (χ3n) is 3.79. The van der Waals surface area contributed by atoms with Crippen LogP contribution in [0.5, 0.6) is 0 Å². The van der Waals surface area contributed by atoms with Crippen LogP contribution >= 0.6 is 12.4 Å². The Morgan fingerprint density at radius 3 is 2.32 bits per heavy atom. The minimum Gasteiger partial charge on any atom is -0.382 e. The molecule has 0 bridgehead atoms. The van der Waals surface area contributed by atoms with Crippen molar-refractivity contribution in [2.24, 2.45) is 16.5 Å². The molecule has 1 aliphatic heterocycles. The van der Waals surface area contributed by atoms with Crippen molar-refractivity contribution in [1.82, 2.24) is 9.97 Å². The van der Waals surface area contributed by atoms with E-state index in [1.165, 1.54) is 0 Å². The number of amides is 1. The van der Waals surface area contributed by atoms with E-state index in [4.69, 9.17) is 17.2 Å². The highest BCUT2D eigenvalue weighted by Crippen LogP contribution is 2.31. The maximum Gasteiger partial charge on any atom is 0.302 e. The van der Waals surface area contributed by atoms with Gasteiger partial charge >= 0.3 is 5.91 Å². The van der Waals surface area contributed by atoms with Crippen molar-refractivity contribution in [1.29, 1.82) is 0 Å². The molecule has 2 aromatic rings. The van der Waals surface area contributed by atoms with Crippen LogP contribution < -0.4 is 22.1 Å². The van der Waals surface area contributed by atoms with E-state index in [-0.39, 0.29) is 29.9 Å². The third kappa shape index (κ3) is 3.97. The third-order valence-corrected chi connectivity index (χ3v) is 3.79. The summed E-state index contributed by atoms with van der Waals surface area (Å²) < 4.78 is 0. The Hall–Kier alpha value is -2.87. The zero-order valence-corrected chi connectivity index (χ0v) is 14.4. The fourth-order valence-corrected chi connectivity index (χ4v) is 2.71. The Morgan fingerprint density at radius 2 is 1.72 bits per heavy atom. The number of nitrogen functional groups attached to an aromatic ring is 1.